The molecule has 0 spiro atoms. The molecule has 5 heteroatoms. The largest absolute Gasteiger partial charge is 0.481 e. The molecule has 2 aromatic rings. The highest BCUT2D eigenvalue weighted by Gasteiger charge is 2.29. The first-order chi connectivity index (χ1) is 11.4. The predicted molar refractivity (Wildman–Crippen MR) is 93.8 cm³/mol. The number of hydrogen-bond acceptors (Lipinski definition) is 3. The molecule has 1 amide bonds. The number of fused-ring (bicyclic) bond motifs is 1. The van der Waals surface area contributed by atoms with Gasteiger partial charge in [-0.3, -0.25) is 9.59 Å². The lowest BCUT2D eigenvalue weighted by Crippen LogP contribution is -2.23. The minimum atomic E-state index is -0.858. The van der Waals surface area contributed by atoms with Crippen molar-refractivity contribution in [3.05, 3.63) is 59.2 Å². The smallest absolute Gasteiger partial charge is 0.310 e. The summed E-state index contributed by atoms with van der Waals surface area (Å²) in [5.74, 6) is -1.44. The van der Waals surface area contributed by atoms with Gasteiger partial charge in [-0.05, 0) is 42.3 Å². The Morgan fingerprint density at radius 2 is 1.83 bits per heavy atom. The normalized spacial score (nSPS) is 14.5. The van der Waals surface area contributed by atoms with Crippen molar-refractivity contribution in [1.29, 1.82) is 0 Å². The van der Waals surface area contributed by atoms with Crippen LogP contribution in [0.3, 0.4) is 0 Å². The predicted octanol–water partition coefficient (Wildman–Crippen LogP) is 3.10. The fourth-order valence-electron chi connectivity index (χ4n) is 2.86. The Morgan fingerprint density at radius 1 is 1.17 bits per heavy atom. The third kappa shape index (κ3) is 2.73. The van der Waals surface area contributed by atoms with Gasteiger partial charge in [-0.2, -0.15) is 0 Å². The molecule has 1 unspecified atom stereocenters. The van der Waals surface area contributed by atoms with Crippen LogP contribution in [0.25, 0.3) is 0 Å². The zero-order chi connectivity index (χ0) is 17.4. The Kier molecular flexibility index (Phi) is 4.01. The molecular formula is C19H20N2O3. The molecule has 0 bridgehead atoms. The summed E-state index contributed by atoms with van der Waals surface area (Å²) in [6.45, 7) is 2.19. The van der Waals surface area contributed by atoms with Crippen molar-refractivity contribution >= 4 is 23.3 Å². The molecule has 0 radical (unpaired) electrons. The van der Waals surface area contributed by atoms with Crippen molar-refractivity contribution in [2.45, 2.75) is 19.4 Å². The molecule has 3 rings (SSSR count). The molecule has 1 atom stereocenters. The molecule has 1 aliphatic heterocycles. The first-order valence-electron chi connectivity index (χ1n) is 7.83. The van der Waals surface area contributed by atoms with E-state index in [0.717, 1.165) is 28.1 Å². The molecular weight excluding hydrogens is 304 g/mol. The summed E-state index contributed by atoms with van der Waals surface area (Å²) < 4.78 is 0. The molecule has 0 aliphatic carbocycles. The lowest BCUT2D eigenvalue weighted by atomic mass is 10.0. The minimum absolute atomic E-state index is 0.0206. The van der Waals surface area contributed by atoms with E-state index in [1.165, 1.54) is 0 Å². The Bertz CT molecular complexity index is 797. The van der Waals surface area contributed by atoms with Crippen LogP contribution in [0.5, 0.6) is 0 Å². The zero-order valence-corrected chi connectivity index (χ0v) is 14.0. The van der Waals surface area contributed by atoms with E-state index in [1.54, 1.807) is 24.0 Å². The van der Waals surface area contributed by atoms with Gasteiger partial charge in [-0.15, -0.1) is 0 Å². The van der Waals surface area contributed by atoms with Gasteiger partial charge in [0.25, 0.3) is 5.91 Å². The number of carboxylic acids is 1. The van der Waals surface area contributed by atoms with Gasteiger partial charge in [0.1, 0.15) is 0 Å². The van der Waals surface area contributed by atoms with Crippen LogP contribution < -0.4 is 9.80 Å². The maximum absolute atomic E-state index is 12.7. The number of benzene rings is 2. The Balaban J connectivity index is 1.87. The number of amides is 1. The lowest BCUT2D eigenvalue weighted by Gasteiger charge is -2.17. The van der Waals surface area contributed by atoms with E-state index in [-0.39, 0.29) is 5.91 Å². The number of aliphatic carboxylic acids is 1. The number of carboxylic acid groups (broad SMARTS) is 1. The molecule has 5 nitrogen and oxygen atoms in total. The number of anilines is 2. The summed E-state index contributed by atoms with van der Waals surface area (Å²) in [5.41, 5.74) is 4.24. The average Bonchev–Trinajstić information content (AvgIpc) is 2.90. The van der Waals surface area contributed by atoms with Crippen LogP contribution in [0, 0.1) is 0 Å². The third-order valence-corrected chi connectivity index (χ3v) is 4.49. The van der Waals surface area contributed by atoms with Gasteiger partial charge in [0.2, 0.25) is 0 Å². The van der Waals surface area contributed by atoms with E-state index in [2.05, 4.69) is 0 Å². The van der Waals surface area contributed by atoms with Crippen LogP contribution in [0.15, 0.2) is 42.5 Å². The number of rotatable bonds is 4. The Morgan fingerprint density at radius 3 is 2.42 bits per heavy atom. The van der Waals surface area contributed by atoms with E-state index < -0.39 is 11.9 Å². The average molecular weight is 324 g/mol. The van der Waals surface area contributed by atoms with Crippen molar-refractivity contribution in [3.8, 4) is 0 Å². The molecule has 0 saturated heterocycles. The van der Waals surface area contributed by atoms with E-state index in [9.17, 15) is 9.59 Å². The van der Waals surface area contributed by atoms with Crippen LogP contribution in [-0.2, 0) is 11.3 Å². The molecule has 0 fully saturated rings. The molecule has 2 aromatic carbocycles. The van der Waals surface area contributed by atoms with Crippen molar-refractivity contribution in [3.63, 3.8) is 0 Å². The standard InChI is InChI=1S/C19H20N2O3/c1-12(19(23)24)13-4-7-15(8-5-13)21-11-14-6-9-16(20(2)3)10-17(14)18(21)22/h4-10,12H,11H2,1-3H3,(H,23,24). The lowest BCUT2D eigenvalue weighted by molar-refractivity contribution is -0.138. The van der Waals surface area contributed by atoms with Crippen LogP contribution in [0.2, 0.25) is 0 Å². The monoisotopic (exact) mass is 324 g/mol. The quantitative estimate of drug-likeness (QED) is 0.939. The van der Waals surface area contributed by atoms with Gasteiger partial charge in [-0.1, -0.05) is 18.2 Å². The highest BCUT2D eigenvalue weighted by molar-refractivity contribution is 6.10. The van der Waals surface area contributed by atoms with Crippen LogP contribution in [0.4, 0.5) is 11.4 Å². The zero-order valence-electron chi connectivity index (χ0n) is 14.0. The van der Waals surface area contributed by atoms with E-state index in [0.29, 0.717) is 6.54 Å². The fourth-order valence-corrected chi connectivity index (χ4v) is 2.86. The van der Waals surface area contributed by atoms with Crippen molar-refractivity contribution in [2.24, 2.45) is 0 Å². The van der Waals surface area contributed by atoms with Crippen molar-refractivity contribution in [1.82, 2.24) is 0 Å². The maximum Gasteiger partial charge on any atom is 0.310 e. The summed E-state index contributed by atoms with van der Waals surface area (Å²) >= 11 is 0. The van der Waals surface area contributed by atoms with E-state index in [4.69, 9.17) is 5.11 Å². The summed E-state index contributed by atoms with van der Waals surface area (Å²) in [7, 11) is 3.89. The van der Waals surface area contributed by atoms with Gasteiger partial charge >= 0.3 is 5.97 Å². The molecule has 1 heterocycles. The maximum atomic E-state index is 12.7. The van der Waals surface area contributed by atoms with Crippen molar-refractivity contribution < 1.29 is 14.7 Å². The van der Waals surface area contributed by atoms with Gasteiger partial charge < -0.3 is 14.9 Å². The van der Waals surface area contributed by atoms with E-state index in [1.807, 2.05) is 49.3 Å². The SMILES string of the molecule is CC(C(=O)O)c1ccc(N2Cc3ccc(N(C)C)cc3C2=O)cc1. The second-order valence-corrected chi connectivity index (χ2v) is 6.28. The molecule has 24 heavy (non-hydrogen) atoms. The van der Waals surface area contributed by atoms with Crippen LogP contribution in [-0.4, -0.2) is 31.1 Å². The Labute approximate surface area is 141 Å². The first-order valence-corrected chi connectivity index (χ1v) is 7.83. The highest BCUT2D eigenvalue weighted by Crippen LogP contribution is 2.31. The van der Waals surface area contributed by atoms with Crippen LogP contribution in [0.1, 0.15) is 34.3 Å². The summed E-state index contributed by atoms with van der Waals surface area (Å²) in [4.78, 5) is 27.5. The number of carbonyl (C=O) groups is 2. The molecule has 0 aromatic heterocycles. The van der Waals surface area contributed by atoms with Gasteiger partial charge in [0, 0.05) is 31.0 Å². The fraction of sp³-hybridized carbons (Fsp3) is 0.263. The van der Waals surface area contributed by atoms with Gasteiger partial charge in [-0.25, -0.2) is 0 Å². The molecule has 0 saturated carbocycles. The highest BCUT2D eigenvalue weighted by atomic mass is 16.4. The second kappa shape index (κ2) is 6.00. The number of hydrogen-bond donors (Lipinski definition) is 1. The van der Waals surface area contributed by atoms with Crippen molar-refractivity contribution in [2.75, 3.05) is 23.9 Å². The summed E-state index contributed by atoms with van der Waals surface area (Å²) in [5, 5.41) is 9.08. The topological polar surface area (TPSA) is 60.9 Å². The number of nitrogens with zero attached hydrogens (tertiary/aromatic N) is 2. The Hall–Kier alpha value is -2.82. The molecule has 124 valence electrons. The molecule has 1 N–H and O–H groups in total. The van der Waals surface area contributed by atoms with Gasteiger partial charge in [0.05, 0.1) is 12.5 Å². The second-order valence-electron chi connectivity index (χ2n) is 6.28. The first kappa shape index (κ1) is 16.1. The van der Waals surface area contributed by atoms with Crippen LogP contribution >= 0.6 is 0 Å². The van der Waals surface area contributed by atoms with E-state index >= 15 is 0 Å². The third-order valence-electron chi connectivity index (χ3n) is 4.49. The summed E-state index contributed by atoms with van der Waals surface area (Å²) in [6, 6.07) is 13.1. The molecule has 1 aliphatic rings. The van der Waals surface area contributed by atoms with Gasteiger partial charge in [0.15, 0.2) is 0 Å². The number of carbonyl (C=O) groups excluding carboxylic acids is 1. The summed E-state index contributed by atoms with van der Waals surface area (Å²) in [6.07, 6.45) is 0. The minimum Gasteiger partial charge on any atom is -0.481 e.